The van der Waals surface area contributed by atoms with Gasteiger partial charge in [0, 0.05) is 41.7 Å². The van der Waals surface area contributed by atoms with Crippen LogP contribution in [0.1, 0.15) is 44.1 Å². The van der Waals surface area contributed by atoms with Gasteiger partial charge < -0.3 is 5.32 Å². The van der Waals surface area contributed by atoms with Crippen molar-refractivity contribution in [1.29, 1.82) is 0 Å². The molecule has 1 N–H and O–H groups in total. The summed E-state index contributed by atoms with van der Waals surface area (Å²) in [6.45, 7) is 8.50. The summed E-state index contributed by atoms with van der Waals surface area (Å²) in [6, 6.07) is 23.2. The molecule has 2 heterocycles. The molecule has 0 bridgehead atoms. The van der Waals surface area contributed by atoms with E-state index in [1.165, 1.54) is 5.56 Å². The zero-order chi connectivity index (χ0) is 26.9. The van der Waals surface area contributed by atoms with Gasteiger partial charge in [-0.25, -0.2) is 18.4 Å². The van der Waals surface area contributed by atoms with Gasteiger partial charge in [-0.05, 0) is 66.9 Å². The maximum absolute atomic E-state index is 13.1. The first-order chi connectivity index (χ1) is 18.2. The van der Waals surface area contributed by atoms with Crippen LogP contribution in [-0.4, -0.2) is 53.8 Å². The third-order valence-corrected chi connectivity index (χ3v) is 9.55. The number of fused-ring (bicyclic) bond motifs is 1. The molecule has 3 aromatic carbocycles. The summed E-state index contributed by atoms with van der Waals surface area (Å²) in [7, 11) is -3.53. The molecule has 1 saturated heterocycles. The van der Waals surface area contributed by atoms with Crippen LogP contribution in [0.25, 0.3) is 10.9 Å². The summed E-state index contributed by atoms with van der Waals surface area (Å²) in [4.78, 5) is 12.4. The van der Waals surface area contributed by atoms with E-state index < -0.39 is 10.0 Å². The zero-order valence-electron chi connectivity index (χ0n) is 21.8. The molecule has 1 atom stereocenters. The number of aromatic nitrogens is 2. The molecule has 198 valence electrons. The van der Waals surface area contributed by atoms with Crippen molar-refractivity contribution in [3.63, 3.8) is 0 Å². The smallest absolute Gasteiger partial charge is 0.243 e. The van der Waals surface area contributed by atoms with Crippen LogP contribution in [0.15, 0.2) is 82.2 Å². The van der Waals surface area contributed by atoms with Crippen molar-refractivity contribution >= 4 is 48.4 Å². The molecule has 1 aliphatic heterocycles. The van der Waals surface area contributed by atoms with Crippen LogP contribution in [0.3, 0.4) is 0 Å². The number of sulfonamides is 1. The number of nitrogens with one attached hydrogen (secondary N) is 1. The van der Waals surface area contributed by atoms with Crippen molar-refractivity contribution in [2.45, 2.75) is 37.6 Å². The number of para-hydroxylation sites is 1. The number of nitrogens with zero attached hydrogens (tertiary/aromatic N) is 4. The van der Waals surface area contributed by atoms with E-state index in [1.54, 1.807) is 28.6 Å². The maximum Gasteiger partial charge on any atom is 0.243 e. The molecular weight excluding hydrogens is 562 g/mol. The monoisotopic (exact) mass is 593 g/mol. The predicted molar refractivity (Wildman–Crippen MR) is 156 cm³/mol. The second kappa shape index (κ2) is 11.1. The highest BCUT2D eigenvalue weighted by molar-refractivity contribution is 9.10. The van der Waals surface area contributed by atoms with Gasteiger partial charge in [-0.15, -0.1) is 0 Å². The first-order valence-electron chi connectivity index (χ1n) is 12.9. The van der Waals surface area contributed by atoms with Crippen LogP contribution in [0.2, 0.25) is 0 Å². The third-order valence-electron chi connectivity index (χ3n) is 7.11. The highest BCUT2D eigenvalue weighted by atomic mass is 79.9. The van der Waals surface area contributed by atoms with Gasteiger partial charge in [0.15, 0.2) is 0 Å². The Kier molecular flexibility index (Phi) is 7.81. The Hall–Kier alpha value is -2.85. The van der Waals surface area contributed by atoms with Crippen molar-refractivity contribution < 1.29 is 8.42 Å². The number of halogens is 1. The number of hydrogen-bond donors (Lipinski definition) is 1. The predicted octanol–water partition coefficient (Wildman–Crippen LogP) is 6.33. The van der Waals surface area contributed by atoms with Crippen molar-refractivity contribution in [3.05, 3.63) is 88.7 Å². The van der Waals surface area contributed by atoms with Crippen molar-refractivity contribution in [2.24, 2.45) is 0 Å². The normalized spacial score (nSPS) is 16.1. The highest BCUT2D eigenvalue weighted by Crippen LogP contribution is 2.29. The molecule has 0 saturated carbocycles. The molecular formula is C29H32BrN5O2S. The van der Waals surface area contributed by atoms with E-state index in [-0.39, 0.29) is 6.04 Å². The van der Waals surface area contributed by atoms with Gasteiger partial charge in [0.25, 0.3) is 0 Å². The molecule has 1 fully saturated rings. The summed E-state index contributed by atoms with van der Waals surface area (Å²) in [5.74, 6) is 1.96. The summed E-state index contributed by atoms with van der Waals surface area (Å²) in [5, 5.41) is 4.46. The lowest BCUT2D eigenvalue weighted by atomic mass is 10.0. The minimum absolute atomic E-state index is 0.0685. The van der Waals surface area contributed by atoms with Gasteiger partial charge >= 0.3 is 0 Å². The Morgan fingerprint density at radius 2 is 1.50 bits per heavy atom. The summed E-state index contributed by atoms with van der Waals surface area (Å²) in [6.07, 6.45) is 0. The van der Waals surface area contributed by atoms with Gasteiger partial charge in [-0.1, -0.05) is 54.0 Å². The minimum Gasteiger partial charge on any atom is -0.340 e. The summed E-state index contributed by atoms with van der Waals surface area (Å²) >= 11 is 3.37. The highest BCUT2D eigenvalue weighted by Gasteiger charge is 2.31. The second-order valence-electron chi connectivity index (χ2n) is 9.92. The SMILES string of the molecule is CC(C)c1ccc(Nc2nc(C(C)N3CCN(S(=O)(=O)c4ccc(Br)cc4)CC3)nc3ccccc23)cc1. The molecule has 4 aromatic rings. The molecule has 0 amide bonds. The van der Waals surface area contributed by atoms with Gasteiger partial charge in [-0.2, -0.15) is 4.31 Å². The van der Waals surface area contributed by atoms with E-state index in [2.05, 4.69) is 71.2 Å². The first-order valence-corrected chi connectivity index (χ1v) is 15.1. The van der Waals surface area contributed by atoms with Crippen LogP contribution in [0, 0.1) is 0 Å². The van der Waals surface area contributed by atoms with E-state index >= 15 is 0 Å². The summed E-state index contributed by atoms with van der Waals surface area (Å²) in [5.41, 5.74) is 3.14. The van der Waals surface area contributed by atoms with Gasteiger partial charge in [0.1, 0.15) is 11.6 Å². The molecule has 7 nitrogen and oxygen atoms in total. The van der Waals surface area contributed by atoms with E-state index in [1.807, 2.05) is 24.3 Å². The Labute approximate surface area is 233 Å². The van der Waals surface area contributed by atoms with Gasteiger partial charge in [-0.3, -0.25) is 4.90 Å². The molecule has 1 aliphatic rings. The molecule has 38 heavy (non-hydrogen) atoms. The van der Waals surface area contributed by atoms with Crippen LogP contribution in [-0.2, 0) is 10.0 Å². The molecule has 1 unspecified atom stereocenters. The minimum atomic E-state index is -3.53. The molecule has 0 spiro atoms. The van der Waals surface area contributed by atoms with Crippen molar-refractivity contribution in [3.8, 4) is 0 Å². The zero-order valence-corrected chi connectivity index (χ0v) is 24.2. The lowest BCUT2D eigenvalue weighted by molar-refractivity contribution is 0.141. The first kappa shape index (κ1) is 26.7. The molecule has 5 rings (SSSR count). The third kappa shape index (κ3) is 5.61. The van der Waals surface area contributed by atoms with E-state index in [0.29, 0.717) is 42.8 Å². The van der Waals surface area contributed by atoms with Crippen LogP contribution < -0.4 is 5.32 Å². The Morgan fingerprint density at radius 1 is 0.842 bits per heavy atom. The van der Waals surface area contributed by atoms with Gasteiger partial charge in [0.2, 0.25) is 10.0 Å². The van der Waals surface area contributed by atoms with Crippen molar-refractivity contribution in [1.82, 2.24) is 19.2 Å². The quantitative estimate of drug-likeness (QED) is 0.270. The molecule has 0 radical (unpaired) electrons. The number of piperazine rings is 1. The summed E-state index contributed by atoms with van der Waals surface area (Å²) < 4.78 is 28.7. The fraction of sp³-hybridized carbons (Fsp3) is 0.310. The molecule has 0 aliphatic carbocycles. The Morgan fingerprint density at radius 3 is 2.16 bits per heavy atom. The largest absolute Gasteiger partial charge is 0.340 e. The topological polar surface area (TPSA) is 78.4 Å². The molecule has 9 heteroatoms. The lowest BCUT2D eigenvalue weighted by Crippen LogP contribution is -2.49. The lowest BCUT2D eigenvalue weighted by Gasteiger charge is -2.36. The molecule has 1 aromatic heterocycles. The standard InChI is InChI=1S/C29H32BrN5O2S/c1-20(2)22-8-12-24(13-9-22)31-29-26-6-4-5-7-27(26)32-28(33-29)21(3)34-16-18-35(19-17-34)38(36,37)25-14-10-23(30)11-15-25/h4-15,20-21H,16-19H2,1-3H3,(H,31,32,33). The Balaban J connectivity index is 1.35. The number of benzene rings is 3. The average Bonchev–Trinajstić information content (AvgIpc) is 2.93. The van der Waals surface area contributed by atoms with Crippen LogP contribution in [0.5, 0.6) is 0 Å². The van der Waals surface area contributed by atoms with E-state index in [4.69, 9.17) is 9.97 Å². The van der Waals surface area contributed by atoms with E-state index in [0.717, 1.165) is 26.9 Å². The Bertz CT molecular complexity index is 1520. The second-order valence-corrected chi connectivity index (χ2v) is 12.8. The number of rotatable bonds is 7. The van der Waals surface area contributed by atoms with Gasteiger partial charge in [0.05, 0.1) is 16.5 Å². The maximum atomic E-state index is 13.1. The number of anilines is 2. The van der Waals surface area contributed by atoms with Crippen molar-refractivity contribution in [2.75, 3.05) is 31.5 Å². The fourth-order valence-corrected chi connectivity index (χ4v) is 6.40. The van der Waals surface area contributed by atoms with Crippen LogP contribution >= 0.6 is 15.9 Å². The fourth-order valence-electron chi connectivity index (χ4n) is 4.71. The van der Waals surface area contributed by atoms with Crippen LogP contribution in [0.4, 0.5) is 11.5 Å². The van der Waals surface area contributed by atoms with E-state index in [9.17, 15) is 8.42 Å². The number of hydrogen-bond acceptors (Lipinski definition) is 6. The average molecular weight is 595 g/mol.